The molecule has 23 heavy (non-hydrogen) atoms. The van der Waals surface area contributed by atoms with Crippen LogP contribution in [-0.2, 0) is 0 Å². The molecule has 3 rings (SSSR count). The van der Waals surface area contributed by atoms with Crippen molar-refractivity contribution in [2.24, 2.45) is 0 Å². The van der Waals surface area contributed by atoms with Crippen molar-refractivity contribution in [3.63, 3.8) is 0 Å². The van der Waals surface area contributed by atoms with Crippen LogP contribution in [0.15, 0.2) is 30.3 Å². The predicted molar refractivity (Wildman–Crippen MR) is 91.2 cm³/mol. The Morgan fingerprint density at radius 3 is 2.57 bits per heavy atom. The molecule has 0 bridgehead atoms. The first-order valence-corrected chi connectivity index (χ1v) is 7.88. The number of carbonyl (C=O) groups excluding carboxylic acids is 1. The topological polar surface area (TPSA) is 65.5 Å². The molecule has 0 spiro atoms. The molecule has 5 heteroatoms. The van der Waals surface area contributed by atoms with Gasteiger partial charge in [0.1, 0.15) is 11.6 Å². The van der Waals surface area contributed by atoms with Crippen molar-refractivity contribution in [3.8, 4) is 5.75 Å². The first kappa shape index (κ1) is 15.3. The lowest BCUT2D eigenvalue weighted by molar-refractivity contribution is 0.102. The highest BCUT2D eigenvalue weighted by molar-refractivity contribution is 6.06. The van der Waals surface area contributed by atoms with E-state index < -0.39 is 0 Å². The monoisotopic (exact) mass is 311 g/mol. The zero-order valence-corrected chi connectivity index (χ0v) is 13.5. The van der Waals surface area contributed by atoms with E-state index in [4.69, 9.17) is 0 Å². The number of nitrogens with one attached hydrogen (secondary N) is 1. The molecule has 1 amide bonds. The quantitative estimate of drug-likeness (QED) is 0.913. The van der Waals surface area contributed by atoms with Crippen molar-refractivity contribution in [2.45, 2.75) is 26.7 Å². The summed E-state index contributed by atoms with van der Waals surface area (Å²) >= 11 is 0. The fourth-order valence-electron chi connectivity index (χ4n) is 2.83. The van der Waals surface area contributed by atoms with Crippen LogP contribution in [-0.4, -0.2) is 29.1 Å². The summed E-state index contributed by atoms with van der Waals surface area (Å²) in [5, 5.41) is 12.7. The fourth-order valence-corrected chi connectivity index (χ4v) is 2.83. The van der Waals surface area contributed by atoms with Crippen molar-refractivity contribution in [3.05, 3.63) is 47.2 Å². The minimum Gasteiger partial charge on any atom is -0.507 e. The van der Waals surface area contributed by atoms with Crippen LogP contribution < -0.4 is 10.2 Å². The zero-order valence-electron chi connectivity index (χ0n) is 13.5. The summed E-state index contributed by atoms with van der Waals surface area (Å²) < 4.78 is 0. The Morgan fingerprint density at radius 2 is 1.91 bits per heavy atom. The molecule has 1 aromatic heterocycles. The van der Waals surface area contributed by atoms with Crippen LogP contribution in [0.25, 0.3) is 0 Å². The average molecular weight is 311 g/mol. The number of phenols is 1. The third kappa shape index (κ3) is 3.28. The Kier molecular flexibility index (Phi) is 4.19. The number of amides is 1. The third-order valence-electron chi connectivity index (χ3n) is 4.15. The van der Waals surface area contributed by atoms with Crippen molar-refractivity contribution in [1.82, 2.24) is 4.98 Å². The maximum absolute atomic E-state index is 12.3. The van der Waals surface area contributed by atoms with Gasteiger partial charge in [-0.25, -0.2) is 4.98 Å². The number of aryl methyl sites for hydroxylation is 2. The molecule has 5 nitrogen and oxygen atoms in total. The molecule has 2 N–H and O–H groups in total. The SMILES string of the molecule is Cc1ccc(C(=O)Nc2ccc(N3CCCC3)nc2C)c(O)c1. The third-order valence-corrected chi connectivity index (χ3v) is 4.15. The predicted octanol–water partition coefficient (Wildman–Crippen LogP) is 3.26. The molecule has 1 aliphatic heterocycles. The smallest absolute Gasteiger partial charge is 0.259 e. The number of carbonyl (C=O) groups is 1. The van der Waals surface area contributed by atoms with Crippen LogP contribution in [0.4, 0.5) is 11.5 Å². The molecule has 0 atom stereocenters. The summed E-state index contributed by atoms with van der Waals surface area (Å²) in [6, 6.07) is 8.82. The van der Waals surface area contributed by atoms with Gasteiger partial charge < -0.3 is 15.3 Å². The molecule has 0 aliphatic carbocycles. The van der Waals surface area contributed by atoms with Gasteiger partial charge in [-0.15, -0.1) is 0 Å². The zero-order chi connectivity index (χ0) is 16.4. The van der Waals surface area contributed by atoms with Crippen LogP contribution in [0.5, 0.6) is 5.75 Å². The van der Waals surface area contributed by atoms with Gasteiger partial charge in [-0.1, -0.05) is 6.07 Å². The molecule has 1 aromatic carbocycles. The van der Waals surface area contributed by atoms with Crippen molar-refractivity contribution in [2.75, 3.05) is 23.3 Å². The summed E-state index contributed by atoms with van der Waals surface area (Å²) in [5.41, 5.74) is 2.61. The van der Waals surface area contributed by atoms with Crippen LogP contribution in [0.1, 0.15) is 34.5 Å². The van der Waals surface area contributed by atoms with Gasteiger partial charge in [-0.2, -0.15) is 0 Å². The average Bonchev–Trinajstić information content (AvgIpc) is 3.03. The Morgan fingerprint density at radius 1 is 1.17 bits per heavy atom. The van der Waals surface area contributed by atoms with Gasteiger partial charge in [-0.3, -0.25) is 4.79 Å². The molecular formula is C18H21N3O2. The number of nitrogens with zero attached hydrogens (tertiary/aromatic N) is 2. The summed E-state index contributed by atoms with van der Waals surface area (Å²) in [4.78, 5) is 19.2. The number of rotatable bonds is 3. The Bertz CT molecular complexity index is 737. The van der Waals surface area contributed by atoms with Gasteiger partial charge >= 0.3 is 0 Å². The Labute approximate surface area is 136 Å². The van der Waals surface area contributed by atoms with E-state index in [0.29, 0.717) is 5.69 Å². The molecule has 120 valence electrons. The van der Waals surface area contributed by atoms with Crippen LogP contribution in [0.3, 0.4) is 0 Å². The minimum absolute atomic E-state index is 0.0122. The first-order chi connectivity index (χ1) is 11.0. The van der Waals surface area contributed by atoms with Crippen molar-refractivity contribution in [1.29, 1.82) is 0 Å². The van der Waals surface area contributed by atoms with Gasteiger partial charge in [0, 0.05) is 13.1 Å². The molecule has 2 heterocycles. The molecule has 0 saturated carbocycles. The lowest BCUT2D eigenvalue weighted by Gasteiger charge is -2.18. The highest BCUT2D eigenvalue weighted by atomic mass is 16.3. The highest BCUT2D eigenvalue weighted by Crippen LogP contribution is 2.24. The van der Waals surface area contributed by atoms with Gasteiger partial charge in [0.15, 0.2) is 0 Å². The molecule has 1 fully saturated rings. The first-order valence-electron chi connectivity index (χ1n) is 7.88. The number of phenolic OH excluding ortho intramolecular Hbond substituents is 1. The van der Waals surface area contributed by atoms with Crippen molar-refractivity contribution >= 4 is 17.4 Å². The van der Waals surface area contributed by atoms with E-state index in [9.17, 15) is 9.90 Å². The van der Waals surface area contributed by atoms with E-state index in [1.807, 2.05) is 26.0 Å². The molecular weight excluding hydrogens is 290 g/mol. The van der Waals surface area contributed by atoms with Gasteiger partial charge in [-0.05, 0) is 56.5 Å². The second-order valence-corrected chi connectivity index (χ2v) is 5.97. The van der Waals surface area contributed by atoms with Crippen molar-refractivity contribution < 1.29 is 9.90 Å². The molecule has 1 aliphatic rings. The van der Waals surface area contributed by atoms with E-state index in [1.165, 1.54) is 12.8 Å². The van der Waals surface area contributed by atoms with E-state index in [1.54, 1.807) is 18.2 Å². The standard InChI is InChI=1S/C18H21N3O2/c1-12-5-6-14(16(22)11-12)18(23)20-15-7-8-17(19-13(15)2)21-9-3-4-10-21/h5-8,11,22H,3-4,9-10H2,1-2H3,(H,20,23). The highest BCUT2D eigenvalue weighted by Gasteiger charge is 2.16. The maximum atomic E-state index is 12.3. The Hall–Kier alpha value is -2.56. The maximum Gasteiger partial charge on any atom is 0.259 e. The number of benzene rings is 1. The van der Waals surface area contributed by atoms with Gasteiger partial charge in [0.05, 0.1) is 16.9 Å². The summed E-state index contributed by atoms with van der Waals surface area (Å²) in [7, 11) is 0. The number of hydrogen-bond donors (Lipinski definition) is 2. The van der Waals surface area contributed by atoms with Crippen LogP contribution in [0, 0.1) is 13.8 Å². The largest absolute Gasteiger partial charge is 0.507 e. The van der Waals surface area contributed by atoms with E-state index >= 15 is 0 Å². The Balaban J connectivity index is 1.78. The number of hydrogen-bond acceptors (Lipinski definition) is 4. The number of anilines is 2. The molecule has 0 unspecified atom stereocenters. The minimum atomic E-state index is -0.332. The lowest BCUT2D eigenvalue weighted by Crippen LogP contribution is -2.20. The van der Waals surface area contributed by atoms with Gasteiger partial charge in [0.2, 0.25) is 0 Å². The molecule has 0 radical (unpaired) electrons. The summed E-state index contributed by atoms with van der Waals surface area (Å²) in [6.45, 7) is 5.82. The number of aromatic hydroxyl groups is 1. The molecule has 1 saturated heterocycles. The van der Waals surface area contributed by atoms with E-state index in [0.717, 1.165) is 30.2 Å². The number of pyridine rings is 1. The van der Waals surface area contributed by atoms with Crippen LogP contribution >= 0.6 is 0 Å². The van der Waals surface area contributed by atoms with Gasteiger partial charge in [0.25, 0.3) is 5.91 Å². The lowest BCUT2D eigenvalue weighted by atomic mass is 10.1. The van der Waals surface area contributed by atoms with E-state index in [-0.39, 0.29) is 17.2 Å². The number of aromatic nitrogens is 1. The second kappa shape index (κ2) is 6.28. The fraction of sp³-hybridized carbons (Fsp3) is 0.333. The summed E-state index contributed by atoms with van der Waals surface area (Å²) in [6.07, 6.45) is 2.40. The summed E-state index contributed by atoms with van der Waals surface area (Å²) in [5.74, 6) is 0.610. The molecule has 2 aromatic rings. The van der Waals surface area contributed by atoms with Crippen LogP contribution in [0.2, 0.25) is 0 Å². The van der Waals surface area contributed by atoms with E-state index in [2.05, 4.69) is 15.2 Å². The second-order valence-electron chi connectivity index (χ2n) is 5.97. The normalized spacial score (nSPS) is 14.1.